The van der Waals surface area contributed by atoms with E-state index in [1.807, 2.05) is 12.1 Å². The molecule has 2 aromatic rings. The lowest BCUT2D eigenvalue weighted by molar-refractivity contribution is -0.0207. The Labute approximate surface area is 131 Å². The first-order chi connectivity index (χ1) is 10.7. The average Bonchev–Trinajstić information content (AvgIpc) is 2.86. The number of aromatic hydroxyl groups is 1. The van der Waals surface area contributed by atoms with Crippen molar-refractivity contribution in [2.24, 2.45) is 17.8 Å². The molecule has 0 atom stereocenters. The van der Waals surface area contributed by atoms with Crippen LogP contribution in [0, 0.1) is 17.8 Å². The molecular weight excluding hydrogens is 272 g/mol. The molecule has 4 bridgehead atoms. The van der Waals surface area contributed by atoms with E-state index in [1.54, 1.807) is 6.07 Å². The van der Waals surface area contributed by atoms with Crippen molar-refractivity contribution >= 4 is 10.9 Å². The highest BCUT2D eigenvalue weighted by Crippen LogP contribution is 2.55. The van der Waals surface area contributed by atoms with Crippen molar-refractivity contribution in [3.05, 3.63) is 30.0 Å². The fourth-order valence-corrected chi connectivity index (χ4v) is 5.88. The number of hydrogen-bond donors (Lipinski definition) is 3. The summed E-state index contributed by atoms with van der Waals surface area (Å²) in [5, 5.41) is 14.7. The zero-order valence-electron chi connectivity index (χ0n) is 12.9. The van der Waals surface area contributed by atoms with Crippen molar-refractivity contribution in [2.45, 2.75) is 50.6 Å². The largest absolute Gasteiger partial charge is 0.508 e. The molecule has 0 spiro atoms. The van der Waals surface area contributed by atoms with E-state index in [9.17, 15) is 5.11 Å². The topological polar surface area (TPSA) is 48.0 Å². The molecule has 3 N–H and O–H groups in total. The van der Waals surface area contributed by atoms with E-state index in [1.165, 1.54) is 49.6 Å². The van der Waals surface area contributed by atoms with E-state index in [4.69, 9.17) is 0 Å². The summed E-state index contributed by atoms with van der Waals surface area (Å²) in [5.74, 6) is 3.28. The molecule has 4 fully saturated rings. The summed E-state index contributed by atoms with van der Waals surface area (Å²) < 4.78 is 0. The SMILES string of the molecule is Oc1ccc2cc(CNC34CC5CC(CC(C5)C3)C4)[nH]c2c1. The Balaban J connectivity index is 1.35. The Kier molecular flexibility index (Phi) is 2.67. The summed E-state index contributed by atoms with van der Waals surface area (Å²) in [5.41, 5.74) is 2.67. The molecular formula is C19H24N2O. The molecule has 1 aromatic heterocycles. The predicted octanol–water partition coefficient (Wildman–Crippen LogP) is 3.93. The second kappa shape index (κ2) is 4.51. The van der Waals surface area contributed by atoms with E-state index in [2.05, 4.69) is 16.4 Å². The predicted molar refractivity (Wildman–Crippen MR) is 87.7 cm³/mol. The van der Waals surface area contributed by atoms with E-state index in [-0.39, 0.29) is 0 Å². The number of phenolic OH excluding ortho intramolecular Hbond substituents is 1. The van der Waals surface area contributed by atoms with Crippen LogP contribution in [-0.4, -0.2) is 15.6 Å². The smallest absolute Gasteiger partial charge is 0.117 e. The van der Waals surface area contributed by atoms with Gasteiger partial charge in [-0.3, -0.25) is 0 Å². The van der Waals surface area contributed by atoms with Crippen molar-refractivity contribution in [2.75, 3.05) is 0 Å². The van der Waals surface area contributed by atoms with Gasteiger partial charge in [0.25, 0.3) is 0 Å². The summed E-state index contributed by atoms with van der Waals surface area (Å²) in [6.45, 7) is 0.918. The third-order valence-corrected chi connectivity index (χ3v) is 6.35. The quantitative estimate of drug-likeness (QED) is 0.803. The second-order valence-electron chi connectivity index (χ2n) is 8.12. The number of phenols is 1. The van der Waals surface area contributed by atoms with Crippen LogP contribution in [0.5, 0.6) is 5.75 Å². The van der Waals surface area contributed by atoms with Gasteiger partial charge in [-0.1, -0.05) is 0 Å². The highest BCUT2D eigenvalue weighted by atomic mass is 16.3. The van der Waals surface area contributed by atoms with Crippen LogP contribution in [0.15, 0.2) is 24.3 Å². The first kappa shape index (κ1) is 13.0. The molecule has 1 aromatic carbocycles. The highest BCUT2D eigenvalue weighted by Gasteiger charge is 2.50. The van der Waals surface area contributed by atoms with Crippen LogP contribution in [0.25, 0.3) is 10.9 Å². The molecule has 4 aliphatic rings. The fourth-order valence-electron chi connectivity index (χ4n) is 5.88. The molecule has 3 nitrogen and oxygen atoms in total. The van der Waals surface area contributed by atoms with Gasteiger partial charge in [0.1, 0.15) is 5.75 Å². The van der Waals surface area contributed by atoms with Gasteiger partial charge in [-0.25, -0.2) is 0 Å². The van der Waals surface area contributed by atoms with Gasteiger partial charge in [-0.15, -0.1) is 0 Å². The van der Waals surface area contributed by atoms with Crippen LogP contribution in [-0.2, 0) is 6.54 Å². The molecule has 22 heavy (non-hydrogen) atoms. The molecule has 6 rings (SSSR count). The van der Waals surface area contributed by atoms with Crippen molar-refractivity contribution in [3.63, 3.8) is 0 Å². The maximum atomic E-state index is 9.59. The van der Waals surface area contributed by atoms with E-state index < -0.39 is 0 Å². The Morgan fingerprint density at radius 3 is 2.41 bits per heavy atom. The highest BCUT2D eigenvalue weighted by molar-refractivity contribution is 5.81. The molecule has 4 aliphatic carbocycles. The molecule has 0 amide bonds. The minimum Gasteiger partial charge on any atom is -0.508 e. The van der Waals surface area contributed by atoms with Gasteiger partial charge in [0.15, 0.2) is 0 Å². The Hall–Kier alpha value is -1.48. The molecule has 116 valence electrons. The lowest BCUT2D eigenvalue weighted by atomic mass is 9.53. The number of H-pyrrole nitrogens is 1. The lowest BCUT2D eigenvalue weighted by Crippen LogP contribution is -2.58. The summed E-state index contributed by atoms with van der Waals surface area (Å²) in [7, 11) is 0. The van der Waals surface area contributed by atoms with Crippen molar-refractivity contribution in [3.8, 4) is 5.75 Å². The number of aromatic nitrogens is 1. The first-order valence-electron chi connectivity index (χ1n) is 8.73. The summed E-state index contributed by atoms with van der Waals surface area (Å²) in [6, 6.07) is 7.76. The average molecular weight is 296 g/mol. The minimum atomic E-state index is 0.329. The maximum absolute atomic E-state index is 9.59. The van der Waals surface area contributed by atoms with Gasteiger partial charge < -0.3 is 15.4 Å². The fraction of sp³-hybridized carbons (Fsp3) is 0.579. The zero-order valence-corrected chi connectivity index (χ0v) is 12.9. The van der Waals surface area contributed by atoms with Crippen LogP contribution < -0.4 is 5.32 Å². The van der Waals surface area contributed by atoms with Crippen LogP contribution in [0.3, 0.4) is 0 Å². The Morgan fingerprint density at radius 2 is 1.73 bits per heavy atom. The van der Waals surface area contributed by atoms with Crippen molar-refractivity contribution in [1.82, 2.24) is 10.3 Å². The number of nitrogens with one attached hydrogen (secondary N) is 2. The van der Waals surface area contributed by atoms with Gasteiger partial charge in [0, 0.05) is 29.4 Å². The molecule has 0 saturated heterocycles. The summed E-state index contributed by atoms with van der Waals surface area (Å²) in [6.07, 6.45) is 8.64. The third kappa shape index (κ3) is 2.06. The second-order valence-corrected chi connectivity index (χ2v) is 8.12. The van der Waals surface area contributed by atoms with Gasteiger partial charge in [-0.05, 0) is 79.9 Å². The third-order valence-electron chi connectivity index (χ3n) is 6.35. The molecule has 0 radical (unpaired) electrons. The molecule has 0 aliphatic heterocycles. The Morgan fingerprint density at radius 1 is 1.05 bits per heavy atom. The Bertz CT molecular complexity index is 682. The molecule has 3 heteroatoms. The van der Waals surface area contributed by atoms with Crippen LogP contribution >= 0.6 is 0 Å². The van der Waals surface area contributed by atoms with Crippen molar-refractivity contribution < 1.29 is 5.11 Å². The molecule has 1 heterocycles. The van der Waals surface area contributed by atoms with E-state index >= 15 is 0 Å². The van der Waals surface area contributed by atoms with E-state index in [0.717, 1.165) is 29.8 Å². The number of fused-ring (bicyclic) bond motifs is 1. The minimum absolute atomic E-state index is 0.329. The monoisotopic (exact) mass is 296 g/mol. The van der Waals surface area contributed by atoms with Crippen LogP contribution in [0.2, 0.25) is 0 Å². The van der Waals surface area contributed by atoms with Crippen molar-refractivity contribution in [1.29, 1.82) is 0 Å². The molecule has 0 unspecified atom stereocenters. The zero-order chi connectivity index (χ0) is 14.7. The van der Waals surface area contributed by atoms with Gasteiger partial charge >= 0.3 is 0 Å². The van der Waals surface area contributed by atoms with Crippen LogP contribution in [0.4, 0.5) is 0 Å². The summed E-state index contributed by atoms with van der Waals surface area (Å²) >= 11 is 0. The van der Waals surface area contributed by atoms with Gasteiger partial charge in [-0.2, -0.15) is 0 Å². The number of aromatic amines is 1. The normalized spacial score (nSPS) is 36.3. The van der Waals surface area contributed by atoms with Gasteiger partial charge in [0.2, 0.25) is 0 Å². The summed E-state index contributed by atoms with van der Waals surface area (Å²) in [4.78, 5) is 3.45. The van der Waals surface area contributed by atoms with Gasteiger partial charge in [0.05, 0.1) is 0 Å². The maximum Gasteiger partial charge on any atom is 0.117 e. The first-order valence-corrected chi connectivity index (χ1v) is 8.73. The van der Waals surface area contributed by atoms with Crippen LogP contribution in [0.1, 0.15) is 44.2 Å². The molecule has 4 saturated carbocycles. The standard InChI is InChI=1S/C19H24N2O/c22-17-2-1-15-6-16(21-18(15)7-17)11-20-19-8-12-3-13(9-19)5-14(4-12)10-19/h1-2,6-7,12-14,20-22H,3-5,8-11H2. The lowest BCUT2D eigenvalue weighted by Gasteiger charge is -2.57. The van der Waals surface area contributed by atoms with E-state index in [0.29, 0.717) is 11.3 Å². The number of rotatable bonds is 3. The number of hydrogen-bond acceptors (Lipinski definition) is 2. The number of benzene rings is 1.